The molecule has 1 aliphatic rings. The van der Waals surface area contributed by atoms with Gasteiger partial charge in [0, 0.05) is 28.4 Å². The Balaban J connectivity index is 1.73. The number of H-pyrrole nitrogens is 1. The van der Waals surface area contributed by atoms with E-state index in [1.165, 1.54) is 0 Å². The smallest absolute Gasteiger partial charge is 0.338 e. The molecule has 144 valence electrons. The summed E-state index contributed by atoms with van der Waals surface area (Å²) in [7, 11) is 0. The molecule has 1 unspecified atom stereocenters. The maximum atomic E-state index is 12.4. The molecular formula is C22H22N2O4. The summed E-state index contributed by atoms with van der Waals surface area (Å²) in [4.78, 5) is 28.0. The fourth-order valence-electron chi connectivity index (χ4n) is 3.84. The van der Waals surface area contributed by atoms with Crippen molar-refractivity contribution < 1.29 is 19.1 Å². The van der Waals surface area contributed by atoms with Gasteiger partial charge in [-0.05, 0) is 50.1 Å². The van der Waals surface area contributed by atoms with E-state index in [1.54, 1.807) is 26.0 Å². The van der Waals surface area contributed by atoms with Gasteiger partial charge in [-0.25, -0.2) is 9.59 Å². The largest absolute Gasteiger partial charge is 0.462 e. The van der Waals surface area contributed by atoms with Gasteiger partial charge in [0.2, 0.25) is 0 Å². The van der Waals surface area contributed by atoms with Crippen molar-refractivity contribution in [2.24, 2.45) is 0 Å². The highest BCUT2D eigenvalue weighted by Gasteiger charge is 2.29. The quantitative estimate of drug-likeness (QED) is 0.650. The van der Waals surface area contributed by atoms with Crippen LogP contribution in [0.5, 0.6) is 0 Å². The van der Waals surface area contributed by atoms with Gasteiger partial charge in [0.25, 0.3) is 0 Å². The molecule has 2 N–H and O–H groups in total. The van der Waals surface area contributed by atoms with Gasteiger partial charge in [-0.3, -0.25) is 0 Å². The van der Waals surface area contributed by atoms with Crippen molar-refractivity contribution in [2.75, 3.05) is 18.5 Å². The first-order valence-corrected chi connectivity index (χ1v) is 9.46. The van der Waals surface area contributed by atoms with Crippen LogP contribution in [0.15, 0.2) is 42.6 Å². The number of hydrogen-bond acceptors (Lipinski definition) is 5. The molecule has 0 amide bonds. The second-order valence-electron chi connectivity index (χ2n) is 6.65. The third kappa shape index (κ3) is 3.01. The van der Waals surface area contributed by atoms with E-state index in [0.717, 1.165) is 27.7 Å². The average molecular weight is 378 g/mol. The molecule has 0 bridgehead atoms. The number of nitrogens with one attached hydrogen (secondary N) is 2. The lowest BCUT2D eigenvalue weighted by Gasteiger charge is -2.12. The van der Waals surface area contributed by atoms with Crippen molar-refractivity contribution in [3.8, 4) is 0 Å². The average Bonchev–Trinajstić information content (AvgIpc) is 3.31. The Kier molecular flexibility index (Phi) is 4.77. The molecule has 1 atom stereocenters. The first-order valence-electron chi connectivity index (χ1n) is 9.46. The number of aromatic nitrogens is 1. The molecule has 6 nitrogen and oxygen atoms in total. The predicted molar refractivity (Wildman–Crippen MR) is 107 cm³/mol. The number of carbonyl (C=O) groups is 2. The maximum absolute atomic E-state index is 12.4. The van der Waals surface area contributed by atoms with Gasteiger partial charge in [-0.15, -0.1) is 0 Å². The van der Waals surface area contributed by atoms with Crippen molar-refractivity contribution >= 4 is 28.5 Å². The second-order valence-corrected chi connectivity index (χ2v) is 6.65. The van der Waals surface area contributed by atoms with E-state index in [4.69, 9.17) is 9.47 Å². The Bertz CT molecular complexity index is 1050. The number of rotatable bonds is 5. The van der Waals surface area contributed by atoms with E-state index in [1.807, 2.05) is 30.5 Å². The third-order valence-electron chi connectivity index (χ3n) is 5.02. The van der Waals surface area contributed by atoms with E-state index in [-0.39, 0.29) is 18.0 Å². The normalized spacial score (nSPS) is 15.1. The molecule has 3 aromatic rings. The zero-order valence-corrected chi connectivity index (χ0v) is 15.9. The van der Waals surface area contributed by atoms with E-state index in [2.05, 4.69) is 10.3 Å². The number of aromatic amines is 1. The van der Waals surface area contributed by atoms with Crippen molar-refractivity contribution in [2.45, 2.75) is 26.3 Å². The van der Waals surface area contributed by atoms with Crippen LogP contribution in [0.3, 0.4) is 0 Å². The number of anilines is 1. The lowest BCUT2D eigenvalue weighted by Crippen LogP contribution is -2.09. The lowest BCUT2D eigenvalue weighted by atomic mass is 9.97. The van der Waals surface area contributed by atoms with Gasteiger partial charge < -0.3 is 19.8 Å². The minimum absolute atomic E-state index is 0.0603. The van der Waals surface area contributed by atoms with E-state index >= 15 is 0 Å². The molecule has 4 rings (SSSR count). The topological polar surface area (TPSA) is 80.4 Å². The zero-order chi connectivity index (χ0) is 19.7. The molecule has 2 heterocycles. The molecule has 1 aliphatic heterocycles. The van der Waals surface area contributed by atoms with E-state index in [9.17, 15) is 9.59 Å². The summed E-state index contributed by atoms with van der Waals surface area (Å²) >= 11 is 0. The maximum Gasteiger partial charge on any atom is 0.338 e. The molecule has 6 heteroatoms. The summed E-state index contributed by atoms with van der Waals surface area (Å²) in [5.41, 5.74) is 4.83. The van der Waals surface area contributed by atoms with Gasteiger partial charge in [0.1, 0.15) is 0 Å². The summed E-state index contributed by atoms with van der Waals surface area (Å²) in [5.74, 6) is -0.649. The number of esters is 2. The zero-order valence-electron chi connectivity index (χ0n) is 15.9. The predicted octanol–water partition coefficient (Wildman–Crippen LogP) is 4.23. The monoisotopic (exact) mass is 378 g/mol. The summed E-state index contributed by atoms with van der Waals surface area (Å²) in [5, 5.41) is 4.34. The minimum atomic E-state index is -0.336. The van der Waals surface area contributed by atoms with Crippen LogP contribution in [-0.2, 0) is 15.9 Å². The molecule has 2 aromatic carbocycles. The van der Waals surface area contributed by atoms with Crippen LogP contribution in [0.2, 0.25) is 0 Å². The molecule has 0 saturated heterocycles. The molecule has 0 fully saturated rings. The summed E-state index contributed by atoms with van der Waals surface area (Å²) in [6, 6.07) is 11.1. The molecule has 1 aromatic heterocycles. The van der Waals surface area contributed by atoms with Crippen LogP contribution < -0.4 is 5.32 Å². The van der Waals surface area contributed by atoms with Crippen molar-refractivity contribution in [3.05, 3.63) is 64.8 Å². The number of ether oxygens (including phenoxy) is 2. The molecule has 0 radical (unpaired) electrons. The van der Waals surface area contributed by atoms with Gasteiger partial charge in [0.05, 0.1) is 30.4 Å². The second kappa shape index (κ2) is 7.38. The standard InChI is InChI=1S/C22H22N2O4/c1-3-27-21(25)13-7-5-9-17-15(13)11-19(24-17)16-12-23-18-10-6-8-14(20(16)18)22(26)28-4-2/h5-10,12,19,23-24H,3-4,11H2,1-2H3. The first kappa shape index (κ1) is 18.1. The molecule has 0 spiro atoms. The van der Waals surface area contributed by atoms with Crippen molar-refractivity contribution in [1.29, 1.82) is 0 Å². The summed E-state index contributed by atoms with van der Waals surface area (Å²) in [6.07, 6.45) is 2.55. The van der Waals surface area contributed by atoms with Crippen LogP contribution in [-0.4, -0.2) is 30.1 Å². The Labute approximate surface area is 162 Å². The summed E-state index contributed by atoms with van der Waals surface area (Å²) in [6.45, 7) is 4.25. The molecule has 0 aliphatic carbocycles. The highest BCUT2D eigenvalue weighted by molar-refractivity contribution is 6.05. The summed E-state index contributed by atoms with van der Waals surface area (Å²) < 4.78 is 10.4. The van der Waals surface area contributed by atoms with Crippen molar-refractivity contribution in [3.63, 3.8) is 0 Å². The SMILES string of the molecule is CCOC(=O)c1cccc2c1CC(c1c[nH]c3cccc(C(=O)OCC)c13)N2. The Morgan fingerprint density at radius 2 is 1.68 bits per heavy atom. The molecular weight excluding hydrogens is 356 g/mol. The Hall–Kier alpha value is -3.28. The van der Waals surface area contributed by atoms with Crippen LogP contribution in [0.4, 0.5) is 5.69 Å². The van der Waals surface area contributed by atoms with Crippen LogP contribution in [0.1, 0.15) is 51.7 Å². The van der Waals surface area contributed by atoms with Gasteiger partial charge >= 0.3 is 11.9 Å². The first-order chi connectivity index (χ1) is 13.6. The van der Waals surface area contributed by atoms with Crippen LogP contribution in [0.25, 0.3) is 10.9 Å². The Morgan fingerprint density at radius 1 is 1.00 bits per heavy atom. The van der Waals surface area contributed by atoms with E-state index < -0.39 is 0 Å². The fraction of sp³-hybridized carbons (Fsp3) is 0.273. The molecule has 28 heavy (non-hydrogen) atoms. The third-order valence-corrected chi connectivity index (χ3v) is 5.02. The highest BCUT2D eigenvalue weighted by atomic mass is 16.5. The fourth-order valence-corrected chi connectivity index (χ4v) is 3.84. The number of carbonyl (C=O) groups excluding carboxylic acids is 2. The van der Waals surface area contributed by atoms with Gasteiger partial charge in [-0.2, -0.15) is 0 Å². The van der Waals surface area contributed by atoms with E-state index in [0.29, 0.717) is 30.8 Å². The lowest BCUT2D eigenvalue weighted by molar-refractivity contribution is 0.0517. The number of hydrogen-bond donors (Lipinski definition) is 2. The minimum Gasteiger partial charge on any atom is -0.462 e. The van der Waals surface area contributed by atoms with Crippen molar-refractivity contribution in [1.82, 2.24) is 4.98 Å². The Morgan fingerprint density at radius 3 is 2.43 bits per heavy atom. The van der Waals surface area contributed by atoms with Crippen LogP contribution >= 0.6 is 0 Å². The van der Waals surface area contributed by atoms with Crippen LogP contribution in [0, 0.1) is 0 Å². The van der Waals surface area contributed by atoms with Gasteiger partial charge in [-0.1, -0.05) is 12.1 Å². The number of fused-ring (bicyclic) bond motifs is 2. The number of benzene rings is 2. The van der Waals surface area contributed by atoms with Gasteiger partial charge in [0.15, 0.2) is 0 Å². The highest BCUT2D eigenvalue weighted by Crippen LogP contribution is 2.39. The molecule has 0 saturated carbocycles.